The van der Waals surface area contributed by atoms with Crippen LogP contribution in [0.25, 0.3) is 0 Å². The summed E-state index contributed by atoms with van der Waals surface area (Å²) in [5.41, 5.74) is 2.84. The third kappa shape index (κ3) is 6.96. The van der Waals surface area contributed by atoms with Crippen LogP contribution < -0.4 is 4.74 Å². The van der Waals surface area contributed by atoms with Crippen molar-refractivity contribution in [3.8, 4) is 11.5 Å². The number of nitrogens with zero attached hydrogens (tertiary/aromatic N) is 1. The Kier molecular flexibility index (Phi) is 9.85. The molecule has 1 fully saturated rings. The highest BCUT2D eigenvalue weighted by molar-refractivity contribution is 6.77. The summed E-state index contributed by atoms with van der Waals surface area (Å²) in [7, 11) is -2.01. The van der Waals surface area contributed by atoms with Gasteiger partial charge in [0.2, 0.25) is 5.91 Å². The van der Waals surface area contributed by atoms with E-state index in [0.29, 0.717) is 59.7 Å². The number of Topliss-reactive ketones (excluding diaryl/α,β-unsaturated/α-hetero) is 1. The number of halogens is 1. The van der Waals surface area contributed by atoms with Gasteiger partial charge in [0.25, 0.3) is 0 Å². The normalized spacial score (nSPS) is 15.5. The molecule has 0 saturated carbocycles. The van der Waals surface area contributed by atoms with Gasteiger partial charge in [-0.1, -0.05) is 65.8 Å². The number of allylic oxidation sites excluding steroid dienone is 2. The minimum atomic E-state index is -2.01. The largest absolute Gasteiger partial charge is 0.457 e. The fourth-order valence-corrected chi connectivity index (χ4v) is 11.1. The minimum absolute atomic E-state index is 0.0708. The van der Waals surface area contributed by atoms with E-state index < -0.39 is 8.32 Å². The molecular formula is C30H40FNO4Si. The van der Waals surface area contributed by atoms with Crippen molar-refractivity contribution in [1.82, 2.24) is 4.90 Å². The number of likely N-dealkylation sites (tertiary alicyclic amines) is 1. The summed E-state index contributed by atoms with van der Waals surface area (Å²) in [5.74, 6) is 0.459. The molecule has 3 rings (SSSR count). The standard InChI is InChI=1S/C30H40FNO4Si/c1-21(2)37(22(3)4,23(5)6)35-18-17-32-26(14-16-30(32)34)13-15-29(33)24-9-7-11-27(19-24)36-28-12-8-10-25(31)20-28/h7-13,19-23H,14-18H2,1-6H3. The molecule has 0 radical (unpaired) electrons. The van der Waals surface area contributed by atoms with Gasteiger partial charge >= 0.3 is 0 Å². The van der Waals surface area contributed by atoms with Crippen LogP contribution in [-0.2, 0) is 9.22 Å². The lowest BCUT2D eigenvalue weighted by Gasteiger charge is -2.42. The molecule has 0 spiro atoms. The molecule has 1 aliphatic rings. The highest BCUT2D eigenvalue weighted by atomic mass is 28.4. The van der Waals surface area contributed by atoms with Crippen LogP contribution in [0.2, 0.25) is 16.6 Å². The van der Waals surface area contributed by atoms with Crippen LogP contribution in [0, 0.1) is 5.82 Å². The van der Waals surface area contributed by atoms with Crippen molar-refractivity contribution < 1.29 is 23.1 Å². The minimum Gasteiger partial charge on any atom is -0.457 e. The van der Waals surface area contributed by atoms with Gasteiger partial charge in [0.1, 0.15) is 17.3 Å². The van der Waals surface area contributed by atoms with Gasteiger partial charge in [-0.15, -0.1) is 0 Å². The maximum absolute atomic E-state index is 13.5. The van der Waals surface area contributed by atoms with Crippen molar-refractivity contribution in [3.63, 3.8) is 0 Å². The predicted octanol–water partition coefficient (Wildman–Crippen LogP) is 7.89. The molecule has 0 atom stereocenters. The monoisotopic (exact) mass is 525 g/mol. The number of amides is 1. The molecule has 0 unspecified atom stereocenters. The average molecular weight is 526 g/mol. The molecule has 0 N–H and O–H groups in total. The third-order valence-electron chi connectivity index (χ3n) is 7.33. The predicted molar refractivity (Wildman–Crippen MR) is 148 cm³/mol. The first kappa shape index (κ1) is 28.8. The molecule has 0 bridgehead atoms. The van der Waals surface area contributed by atoms with Crippen molar-refractivity contribution in [3.05, 3.63) is 71.7 Å². The number of rotatable bonds is 12. The van der Waals surface area contributed by atoms with Crippen molar-refractivity contribution in [2.24, 2.45) is 0 Å². The van der Waals surface area contributed by atoms with E-state index in [-0.39, 0.29) is 23.9 Å². The summed E-state index contributed by atoms with van der Waals surface area (Å²) in [4.78, 5) is 27.3. The quantitative estimate of drug-likeness (QED) is 0.209. The van der Waals surface area contributed by atoms with Crippen LogP contribution in [0.4, 0.5) is 4.39 Å². The zero-order valence-corrected chi connectivity index (χ0v) is 23.9. The first-order valence-corrected chi connectivity index (χ1v) is 15.4. The fraction of sp³-hybridized carbons (Fsp3) is 0.467. The second-order valence-electron chi connectivity index (χ2n) is 10.6. The first-order valence-electron chi connectivity index (χ1n) is 13.2. The van der Waals surface area contributed by atoms with Gasteiger partial charge in [-0.25, -0.2) is 4.39 Å². The number of benzene rings is 2. The number of carbonyl (C=O) groups is 2. The Labute approximate surface area is 221 Å². The van der Waals surface area contributed by atoms with Crippen molar-refractivity contribution in [2.45, 2.75) is 77.4 Å². The van der Waals surface area contributed by atoms with Gasteiger partial charge in [0.15, 0.2) is 14.1 Å². The van der Waals surface area contributed by atoms with Gasteiger partial charge in [0.05, 0.1) is 6.61 Å². The third-order valence-corrected chi connectivity index (χ3v) is 13.4. The highest BCUT2D eigenvalue weighted by Gasteiger charge is 2.45. The van der Waals surface area contributed by atoms with E-state index in [1.165, 1.54) is 12.1 Å². The molecule has 1 aliphatic heterocycles. The van der Waals surface area contributed by atoms with E-state index in [9.17, 15) is 14.0 Å². The Morgan fingerprint density at radius 2 is 1.59 bits per heavy atom. The number of ether oxygens (including phenoxy) is 1. The summed E-state index contributed by atoms with van der Waals surface area (Å²) >= 11 is 0. The van der Waals surface area contributed by atoms with Gasteiger partial charge < -0.3 is 14.1 Å². The molecule has 1 heterocycles. The Morgan fingerprint density at radius 3 is 2.22 bits per heavy atom. The summed E-state index contributed by atoms with van der Waals surface area (Å²) in [6.07, 6.45) is 3.14. The van der Waals surface area contributed by atoms with Crippen LogP contribution >= 0.6 is 0 Å². The molecular weight excluding hydrogens is 485 g/mol. The van der Waals surface area contributed by atoms with Gasteiger partial charge in [0, 0.05) is 36.7 Å². The molecule has 5 nitrogen and oxygen atoms in total. The summed E-state index contributed by atoms with van der Waals surface area (Å²) in [6.45, 7) is 14.5. The van der Waals surface area contributed by atoms with E-state index in [1.807, 2.05) is 6.08 Å². The van der Waals surface area contributed by atoms with E-state index in [2.05, 4.69) is 41.5 Å². The molecule has 0 aliphatic carbocycles. The smallest absolute Gasteiger partial charge is 0.227 e. The maximum Gasteiger partial charge on any atom is 0.227 e. The Hall–Kier alpha value is -2.77. The summed E-state index contributed by atoms with van der Waals surface area (Å²) < 4.78 is 25.8. The zero-order chi connectivity index (χ0) is 27.2. The van der Waals surface area contributed by atoms with E-state index >= 15 is 0 Å². The Balaban J connectivity index is 1.64. The maximum atomic E-state index is 13.5. The molecule has 37 heavy (non-hydrogen) atoms. The average Bonchev–Trinajstić information content (AvgIpc) is 3.18. The molecule has 7 heteroatoms. The fourth-order valence-electron chi connectivity index (χ4n) is 5.69. The molecule has 1 saturated heterocycles. The Morgan fingerprint density at radius 1 is 0.973 bits per heavy atom. The zero-order valence-electron chi connectivity index (χ0n) is 22.9. The lowest BCUT2D eigenvalue weighted by Crippen LogP contribution is -2.49. The van der Waals surface area contributed by atoms with Crippen LogP contribution in [0.5, 0.6) is 11.5 Å². The van der Waals surface area contributed by atoms with Crippen molar-refractivity contribution in [1.29, 1.82) is 0 Å². The van der Waals surface area contributed by atoms with Crippen LogP contribution in [-0.4, -0.2) is 38.1 Å². The summed E-state index contributed by atoms with van der Waals surface area (Å²) in [6, 6.07) is 12.7. The van der Waals surface area contributed by atoms with Gasteiger partial charge in [-0.05, 0) is 47.3 Å². The van der Waals surface area contributed by atoms with Crippen LogP contribution in [0.1, 0.15) is 71.2 Å². The molecule has 1 amide bonds. The number of ketones is 1. The second kappa shape index (κ2) is 12.7. The molecule has 200 valence electrons. The topological polar surface area (TPSA) is 55.8 Å². The first-order chi connectivity index (χ1) is 17.5. The van der Waals surface area contributed by atoms with Crippen molar-refractivity contribution >= 4 is 20.0 Å². The molecule has 2 aromatic carbocycles. The highest BCUT2D eigenvalue weighted by Crippen LogP contribution is 2.42. The van der Waals surface area contributed by atoms with E-state index in [0.717, 1.165) is 5.70 Å². The number of hydrogen-bond acceptors (Lipinski definition) is 4. The summed E-state index contributed by atoms with van der Waals surface area (Å²) in [5, 5.41) is 0. The number of hydrogen-bond donors (Lipinski definition) is 0. The van der Waals surface area contributed by atoms with Crippen molar-refractivity contribution in [2.75, 3.05) is 13.2 Å². The molecule has 2 aromatic rings. The number of carbonyl (C=O) groups excluding carboxylic acids is 2. The van der Waals surface area contributed by atoms with E-state index in [4.69, 9.17) is 9.16 Å². The van der Waals surface area contributed by atoms with Gasteiger partial charge in [-0.3, -0.25) is 9.59 Å². The lowest BCUT2D eigenvalue weighted by molar-refractivity contribution is -0.127. The van der Waals surface area contributed by atoms with Gasteiger partial charge in [-0.2, -0.15) is 0 Å². The van der Waals surface area contributed by atoms with E-state index in [1.54, 1.807) is 41.3 Å². The molecule has 0 aromatic heterocycles. The SMILES string of the molecule is CC(C)[Si](OCCN1C(=O)CCC1=CCC(=O)c1cccc(Oc2cccc(F)c2)c1)(C(C)C)C(C)C. The second-order valence-corrected chi connectivity index (χ2v) is 16.1. The Bertz CT molecular complexity index is 1110. The lowest BCUT2D eigenvalue weighted by atomic mass is 10.1. The van der Waals surface area contributed by atoms with Crippen LogP contribution in [0.15, 0.2) is 60.3 Å². The van der Waals surface area contributed by atoms with Crippen LogP contribution in [0.3, 0.4) is 0 Å².